The predicted octanol–water partition coefficient (Wildman–Crippen LogP) is 1.60. The monoisotopic (exact) mass is 417 g/mol. The number of sulfonamides is 1. The number of fused-ring (bicyclic) bond motifs is 1. The van der Waals surface area contributed by atoms with Crippen molar-refractivity contribution in [1.82, 2.24) is 14.3 Å². The fraction of sp³-hybridized carbons (Fsp3) is 0.350. The number of benzene rings is 2. The van der Waals surface area contributed by atoms with Gasteiger partial charge in [0.25, 0.3) is 10.0 Å². The lowest BCUT2D eigenvalue weighted by Gasteiger charge is -2.38. The maximum Gasteiger partial charge on any atom is 0.280 e. The molecule has 0 N–H and O–H groups in total. The third-order valence-corrected chi connectivity index (χ3v) is 6.80. The number of aryl methyl sites for hydroxylation is 1. The second-order valence-electron chi connectivity index (χ2n) is 7.11. The molecule has 9 heteroatoms. The lowest BCUT2D eigenvalue weighted by molar-refractivity contribution is -0.125. The molecule has 0 aromatic heterocycles. The van der Waals surface area contributed by atoms with Crippen molar-refractivity contribution in [3.63, 3.8) is 0 Å². The number of ether oxygens (including phenoxy) is 2. The highest BCUT2D eigenvalue weighted by Gasteiger charge is 2.31. The number of piperazine rings is 1. The quantitative estimate of drug-likeness (QED) is 0.661. The van der Waals surface area contributed by atoms with Gasteiger partial charge in [0.15, 0.2) is 11.5 Å². The number of hydrogen-bond acceptors (Lipinski definition) is 7. The fourth-order valence-corrected chi connectivity index (χ4v) is 4.76. The van der Waals surface area contributed by atoms with Gasteiger partial charge in [-0.05, 0) is 36.8 Å². The van der Waals surface area contributed by atoms with Crippen molar-refractivity contribution >= 4 is 16.4 Å². The summed E-state index contributed by atoms with van der Waals surface area (Å²) in [5.74, 6) is 1.50. The molecular formula is C20H23N3O5S. The summed E-state index contributed by atoms with van der Waals surface area (Å²) in [6.45, 7) is 5.01. The SMILES string of the molecule is Cc1ccc(S(=O)(=O)N(C=O)N2CCN(Cc3ccc4c(c3)OCO4)CC2)cc1. The molecule has 2 aliphatic rings. The van der Waals surface area contributed by atoms with Crippen LogP contribution in [0.25, 0.3) is 0 Å². The molecule has 1 fully saturated rings. The smallest absolute Gasteiger partial charge is 0.280 e. The van der Waals surface area contributed by atoms with E-state index in [0.717, 1.165) is 33.6 Å². The van der Waals surface area contributed by atoms with E-state index in [9.17, 15) is 13.2 Å². The van der Waals surface area contributed by atoms with Gasteiger partial charge in [-0.15, -0.1) is 0 Å². The van der Waals surface area contributed by atoms with Gasteiger partial charge in [-0.1, -0.05) is 23.8 Å². The lowest BCUT2D eigenvalue weighted by Crippen LogP contribution is -2.54. The number of amides is 1. The number of carbonyl (C=O) groups is 1. The molecule has 2 heterocycles. The molecule has 0 saturated carbocycles. The molecule has 8 nitrogen and oxygen atoms in total. The first-order valence-electron chi connectivity index (χ1n) is 9.39. The van der Waals surface area contributed by atoms with Crippen molar-refractivity contribution in [2.75, 3.05) is 33.0 Å². The Hall–Kier alpha value is -2.62. The number of rotatable bonds is 6. The van der Waals surface area contributed by atoms with Gasteiger partial charge < -0.3 is 9.47 Å². The maximum absolute atomic E-state index is 12.9. The molecule has 4 rings (SSSR count). The van der Waals surface area contributed by atoms with E-state index in [1.807, 2.05) is 25.1 Å². The Morgan fingerprint density at radius 3 is 2.38 bits per heavy atom. The topological polar surface area (TPSA) is 79.4 Å². The molecule has 0 spiro atoms. The molecule has 1 saturated heterocycles. The first kappa shape index (κ1) is 19.7. The maximum atomic E-state index is 12.9. The molecule has 1 amide bonds. The van der Waals surface area contributed by atoms with Gasteiger partial charge in [-0.2, -0.15) is 12.8 Å². The van der Waals surface area contributed by atoms with Crippen molar-refractivity contribution in [1.29, 1.82) is 0 Å². The predicted molar refractivity (Wildman–Crippen MR) is 106 cm³/mol. The standard InChI is InChI=1S/C20H23N3O5S/c1-16-2-5-18(6-3-16)29(25,26)23(14-24)22-10-8-21(9-11-22)13-17-4-7-19-20(12-17)28-15-27-19/h2-7,12,14H,8-11,13,15H2,1H3. The molecule has 0 bridgehead atoms. The molecule has 0 atom stereocenters. The molecular weight excluding hydrogens is 394 g/mol. The van der Waals surface area contributed by atoms with Gasteiger partial charge in [0, 0.05) is 32.7 Å². The molecule has 29 heavy (non-hydrogen) atoms. The van der Waals surface area contributed by atoms with Gasteiger partial charge in [-0.3, -0.25) is 9.69 Å². The second-order valence-corrected chi connectivity index (χ2v) is 8.91. The van der Waals surface area contributed by atoms with Crippen molar-refractivity contribution in [2.24, 2.45) is 0 Å². The Morgan fingerprint density at radius 2 is 1.69 bits per heavy atom. The Bertz CT molecular complexity index is 986. The summed E-state index contributed by atoms with van der Waals surface area (Å²) in [6, 6.07) is 12.4. The van der Waals surface area contributed by atoms with E-state index >= 15 is 0 Å². The van der Waals surface area contributed by atoms with Crippen LogP contribution in [0.2, 0.25) is 0 Å². The highest BCUT2D eigenvalue weighted by atomic mass is 32.2. The van der Waals surface area contributed by atoms with Crippen LogP contribution in [0.4, 0.5) is 0 Å². The van der Waals surface area contributed by atoms with Crippen molar-refractivity contribution < 1.29 is 22.7 Å². The van der Waals surface area contributed by atoms with E-state index in [0.29, 0.717) is 32.6 Å². The average molecular weight is 417 g/mol. The summed E-state index contributed by atoms with van der Waals surface area (Å²) in [6.07, 6.45) is 0.378. The van der Waals surface area contributed by atoms with Gasteiger partial charge >= 0.3 is 0 Å². The minimum Gasteiger partial charge on any atom is -0.454 e. The van der Waals surface area contributed by atoms with E-state index in [1.54, 1.807) is 17.1 Å². The van der Waals surface area contributed by atoms with Crippen LogP contribution >= 0.6 is 0 Å². The summed E-state index contributed by atoms with van der Waals surface area (Å²) in [7, 11) is -3.91. The average Bonchev–Trinajstić information content (AvgIpc) is 3.18. The van der Waals surface area contributed by atoms with Crippen LogP contribution in [0.3, 0.4) is 0 Å². The number of nitrogens with zero attached hydrogens (tertiary/aromatic N) is 3. The van der Waals surface area contributed by atoms with Crippen LogP contribution in [-0.2, 0) is 21.4 Å². The third kappa shape index (κ3) is 4.07. The number of hydrazine groups is 1. The van der Waals surface area contributed by atoms with E-state index in [1.165, 1.54) is 12.1 Å². The Balaban J connectivity index is 1.40. The minimum absolute atomic E-state index is 0.109. The minimum atomic E-state index is -3.91. The first-order chi connectivity index (χ1) is 14.0. The second kappa shape index (κ2) is 8.02. The van der Waals surface area contributed by atoms with Crippen LogP contribution in [-0.4, -0.2) is 62.1 Å². The fourth-order valence-electron chi connectivity index (χ4n) is 3.48. The summed E-state index contributed by atoms with van der Waals surface area (Å²) < 4.78 is 37.3. The Morgan fingerprint density at radius 1 is 1.00 bits per heavy atom. The number of carbonyl (C=O) groups excluding carboxylic acids is 1. The summed E-state index contributed by atoms with van der Waals surface area (Å²) >= 11 is 0. The Labute approximate surface area is 170 Å². The van der Waals surface area contributed by atoms with Crippen LogP contribution in [0.1, 0.15) is 11.1 Å². The molecule has 0 unspecified atom stereocenters. The van der Waals surface area contributed by atoms with E-state index in [2.05, 4.69) is 4.90 Å². The highest BCUT2D eigenvalue weighted by Crippen LogP contribution is 2.33. The van der Waals surface area contributed by atoms with Gasteiger partial charge in [-0.25, -0.2) is 5.01 Å². The molecule has 2 aliphatic heterocycles. The highest BCUT2D eigenvalue weighted by molar-refractivity contribution is 7.89. The van der Waals surface area contributed by atoms with Gasteiger partial charge in [0.1, 0.15) is 0 Å². The first-order valence-corrected chi connectivity index (χ1v) is 10.8. The summed E-state index contributed by atoms with van der Waals surface area (Å²) in [5, 5.41) is 1.58. The molecule has 2 aromatic carbocycles. The van der Waals surface area contributed by atoms with Crippen LogP contribution in [0, 0.1) is 6.92 Å². The zero-order chi connectivity index (χ0) is 20.4. The normalized spacial score (nSPS) is 17.3. The van der Waals surface area contributed by atoms with Crippen molar-refractivity contribution in [3.05, 3.63) is 53.6 Å². The largest absolute Gasteiger partial charge is 0.454 e. The van der Waals surface area contributed by atoms with Gasteiger partial charge in [0.2, 0.25) is 13.2 Å². The van der Waals surface area contributed by atoms with Crippen molar-refractivity contribution in [3.8, 4) is 11.5 Å². The molecule has 2 aromatic rings. The summed E-state index contributed by atoms with van der Waals surface area (Å²) in [5.41, 5.74) is 2.06. The van der Waals surface area contributed by atoms with Crippen molar-refractivity contribution in [2.45, 2.75) is 18.4 Å². The zero-order valence-corrected chi connectivity index (χ0v) is 17.0. The number of hydrogen-bond donors (Lipinski definition) is 0. The van der Waals surface area contributed by atoms with Crippen LogP contribution < -0.4 is 9.47 Å². The third-order valence-electron chi connectivity index (χ3n) is 5.13. The van der Waals surface area contributed by atoms with E-state index in [4.69, 9.17) is 9.47 Å². The molecule has 0 aliphatic carbocycles. The zero-order valence-electron chi connectivity index (χ0n) is 16.2. The summed E-state index contributed by atoms with van der Waals surface area (Å²) in [4.78, 5) is 14.0. The molecule has 0 radical (unpaired) electrons. The molecule has 154 valence electrons. The lowest BCUT2D eigenvalue weighted by atomic mass is 10.2. The van der Waals surface area contributed by atoms with Crippen LogP contribution in [0.5, 0.6) is 11.5 Å². The van der Waals surface area contributed by atoms with Gasteiger partial charge in [0.05, 0.1) is 4.90 Å². The van der Waals surface area contributed by atoms with Crippen LogP contribution in [0.15, 0.2) is 47.4 Å². The Kier molecular flexibility index (Phi) is 5.44. The van der Waals surface area contributed by atoms with E-state index in [-0.39, 0.29) is 11.7 Å². The van der Waals surface area contributed by atoms with E-state index < -0.39 is 10.0 Å².